The van der Waals surface area contributed by atoms with E-state index >= 15 is 0 Å². The molecule has 0 bridgehead atoms. The van der Waals surface area contributed by atoms with E-state index in [9.17, 15) is 9.65 Å². The number of rotatable bonds is 7. The minimum atomic E-state index is -0.478. The van der Waals surface area contributed by atoms with Gasteiger partial charge < -0.3 is 14.6 Å². The fraction of sp³-hybridized carbons (Fsp3) is 0.320. The van der Waals surface area contributed by atoms with E-state index in [0.29, 0.717) is 18.7 Å². The fourth-order valence-electron chi connectivity index (χ4n) is 4.51. The number of halogens is 1. The van der Waals surface area contributed by atoms with Crippen LogP contribution in [0.2, 0.25) is 0 Å². The van der Waals surface area contributed by atoms with Crippen molar-refractivity contribution in [3.05, 3.63) is 60.6 Å². The molecule has 0 aliphatic carbocycles. The largest absolute Gasteiger partial charge is 0.490 e. The summed E-state index contributed by atoms with van der Waals surface area (Å²) in [4.78, 5) is 14.0. The number of likely N-dealkylation sites (tertiary alicyclic amines) is 1. The number of benzene rings is 1. The van der Waals surface area contributed by atoms with Crippen LogP contribution in [0, 0.1) is 28.5 Å². The van der Waals surface area contributed by atoms with E-state index in [1.54, 1.807) is 12.3 Å². The third-order valence-electron chi connectivity index (χ3n) is 6.24. The molecule has 10 heteroatoms. The summed E-state index contributed by atoms with van der Waals surface area (Å²) in [5.74, 6) is -0.0960. The molecule has 1 atom stereocenters. The van der Waals surface area contributed by atoms with Gasteiger partial charge in [-0.1, -0.05) is 0 Å². The Kier molecular flexibility index (Phi) is 6.38. The van der Waals surface area contributed by atoms with E-state index in [-0.39, 0.29) is 17.7 Å². The minimum Gasteiger partial charge on any atom is -0.490 e. The van der Waals surface area contributed by atoms with Gasteiger partial charge in [-0.25, -0.2) is 14.4 Å². The zero-order valence-electron chi connectivity index (χ0n) is 18.9. The summed E-state index contributed by atoms with van der Waals surface area (Å²) < 4.78 is 21.5. The molecule has 9 nitrogen and oxygen atoms in total. The zero-order chi connectivity index (χ0) is 24.2. The predicted molar refractivity (Wildman–Crippen MR) is 126 cm³/mol. The van der Waals surface area contributed by atoms with E-state index in [1.165, 1.54) is 18.5 Å². The summed E-state index contributed by atoms with van der Waals surface area (Å²) in [6.45, 7) is 2.26. The van der Waals surface area contributed by atoms with Crippen LogP contribution >= 0.6 is 0 Å². The van der Waals surface area contributed by atoms with E-state index < -0.39 is 5.82 Å². The molecule has 1 saturated heterocycles. The van der Waals surface area contributed by atoms with E-state index in [2.05, 4.69) is 31.0 Å². The smallest absolute Gasteiger partial charge is 0.141 e. The Morgan fingerprint density at radius 1 is 1.20 bits per heavy atom. The summed E-state index contributed by atoms with van der Waals surface area (Å²) in [7, 11) is 0. The third kappa shape index (κ3) is 4.98. The molecular formula is C25H23FN8O. The molecule has 1 aliphatic rings. The fourth-order valence-corrected chi connectivity index (χ4v) is 4.51. The van der Waals surface area contributed by atoms with Gasteiger partial charge in [0.15, 0.2) is 0 Å². The number of aromatic amines is 1. The Balaban J connectivity index is 1.23. The van der Waals surface area contributed by atoms with Crippen LogP contribution in [0.25, 0.3) is 22.3 Å². The number of aromatic nitrogens is 5. The minimum absolute atomic E-state index is 0.0492. The standard InChI is InChI=1S/C25H23FN8O/c26-19-9-17(12-28)10-22(11-19)35-21-3-7-33(8-4-21)15-20(1-5-27)34-14-18(13-32-34)24-23-2-6-29-25(23)31-16-30-24/h2,6,9-11,13-14,16,20-21H,1,3-4,7-8,15H2,(H,29,30,31). The van der Waals surface area contributed by atoms with Crippen molar-refractivity contribution in [2.24, 2.45) is 0 Å². The summed E-state index contributed by atoms with van der Waals surface area (Å²) in [6, 6.07) is 10.1. The topological polar surface area (TPSA) is 119 Å². The van der Waals surface area contributed by atoms with Gasteiger partial charge in [0.25, 0.3) is 0 Å². The van der Waals surface area contributed by atoms with Crippen LogP contribution in [-0.4, -0.2) is 55.4 Å². The lowest BCUT2D eigenvalue weighted by Crippen LogP contribution is -2.41. The second kappa shape index (κ2) is 9.92. The van der Waals surface area contributed by atoms with Crippen LogP contribution in [0.5, 0.6) is 5.75 Å². The van der Waals surface area contributed by atoms with Crippen LogP contribution in [0.15, 0.2) is 49.2 Å². The van der Waals surface area contributed by atoms with Crippen molar-refractivity contribution < 1.29 is 9.13 Å². The molecule has 1 fully saturated rings. The first-order valence-electron chi connectivity index (χ1n) is 11.4. The lowest BCUT2D eigenvalue weighted by Gasteiger charge is -2.34. The van der Waals surface area contributed by atoms with Crippen molar-refractivity contribution in [2.45, 2.75) is 31.4 Å². The molecule has 4 heterocycles. The lowest BCUT2D eigenvalue weighted by atomic mass is 10.1. The summed E-state index contributed by atoms with van der Waals surface area (Å²) in [5.41, 5.74) is 2.69. The van der Waals surface area contributed by atoms with Gasteiger partial charge in [-0.05, 0) is 31.0 Å². The number of fused-ring (bicyclic) bond motifs is 1. The Hall–Kier alpha value is -4.28. The summed E-state index contributed by atoms with van der Waals surface area (Å²) in [6.07, 6.45) is 8.89. The van der Waals surface area contributed by atoms with Gasteiger partial charge >= 0.3 is 0 Å². The molecule has 0 saturated carbocycles. The highest BCUT2D eigenvalue weighted by Gasteiger charge is 2.24. The van der Waals surface area contributed by atoms with Crippen LogP contribution in [0.1, 0.15) is 30.9 Å². The molecule has 0 radical (unpaired) electrons. The molecule has 1 aliphatic heterocycles. The molecule has 176 valence electrons. The van der Waals surface area contributed by atoms with Crippen molar-refractivity contribution in [3.63, 3.8) is 0 Å². The first-order chi connectivity index (χ1) is 17.1. The molecule has 3 aromatic heterocycles. The lowest BCUT2D eigenvalue weighted by molar-refractivity contribution is 0.0909. The molecule has 4 aromatic rings. The molecular weight excluding hydrogens is 447 g/mol. The van der Waals surface area contributed by atoms with E-state index in [0.717, 1.165) is 48.2 Å². The number of nitrogens with zero attached hydrogens (tertiary/aromatic N) is 7. The van der Waals surface area contributed by atoms with Crippen molar-refractivity contribution in [1.82, 2.24) is 29.6 Å². The maximum atomic E-state index is 13.7. The molecule has 1 N–H and O–H groups in total. The molecule has 1 aromatic carbocycles. The van der Waals surface area contributed by atoms with Gasteiger partial charge in [-0.3, -0.25) is 4.68 Å². The maximum absolute atomic E-state index is 13.7. The Morgan fingerprint density at radius 2 is 2.06 bits per heavy atom. The normalized spacial score (nSPS) is 15.5. The van der Waals surface area contributed by atoms with Gasteiger partial charge in [0.05, 0.1) is 42.1 Å². The number of H-pyrrole nitrogens is 1. The van der Waals surface area contributed by atoms with Gasteiger partial charge in [-0.15, -0.1) is 0 Å². The van der Waals surface area contributed by atoms with Crippen molar-refractivity contribution in [2.75, 3.05) is 19.6 Å². The quantitative estimate of drug-likeness (QED) is 0.436. The average molecular weight is 471 g/mol. The highest BCUT2D eigenvalue weighted by atomic mass is 19.1. The second-order valence-electron chi connectivity index (χ2n) is 8.59. The molecule has 5 rings (SSSR count). The zero-order valence-corrected chi connectivity index (χ0v) is 18.9. The Labute approximate surface area is 201 Å². The highest BCUT2D eigenvalue weighted by molar-refractivity contribution is 5.89. The SMILES string of the molecule is N#CCC(CN1CCC(Oc2cc(F)cc(C#N)c2)CC1)n1cc(-c2ncnc3[nH]ccc23)cn1. The molecule has 35 heavy (non-hydrogen) atoms. The number of piperidine rings is 1. The van der Waals surface area contributed by atoms with E-state index in [1.807, 2.05) is 29.2 Å². The molecule has 1 unspecified atom stereocenters. The molecule has 0 spiro atoms. The van der Waals surface area contributed by atoms with Gasteiger partial charge in [-0.2, -0.15) is 15.6 Å². The Morgan fingerprint density at radius 3 is 2.86 bits per heavy atom. The maximum Gasteiger partial charge on any atom is 0.141 e. The number of nitrogens with one attached hydrogen (secondary N) is 1. The second-order valence-corrected chi connectivity index (χ2v) is 8.59. The van der Waals surface area contributed by atoms with Crippen molar-refractivity contribution in [1.29, 1.82) is 10.5 Å². The van der Waals surface area contributed by atoms with Crippen LogP contribution in [-0.2, 0) is 0 Å². The van der Waals surface area contributed by atoms with Gasteiger partial charge in [0, 0.05) is 49.0 Å². The van der Waals surface area contributed by atoms with E-state index in [4.69, 9.17) is 10.00 Å². The first kappa shape index (κ1) is 22.5. The number of hydrogen-bond donors (Lipinski definition) is 1. The molecule has 0 amide bonds. The van der Waals surface area contributed by atoms with Gasteiger partial charge in [0.1, 0.15) is 29.6 Å². The van der Waals surface area contributed by atoms with Crippen LogP contribution < -0.4 is 4.74 Å². The van der Waals surface area contributed by atoms with Gasteiger partial charge in [0.2, 0.25) is 0 Å². The number of nitriles is 2. The number of hydrogen-bond acceptors (Lipinski definition) is 7. The van der Waals surface area contributed by atoms with Crippen LogP contribution in [0.3, 0.4) is 0 Å². The Bertz CT molecular complexity index is 1410. The monoisotopic (exact) mass is 470 g/mol. The van der Waals surface area contributed by atoms with Crippen LogP contribution in [0.4, 0.5) is 4.39 Å². The van der Waals surface area contributed by atoms with Crippen molar-refractivity contribution >= 4 is 11.0 Å². The van der Waals surface area contributed by atoms with Crippen molar-refractivity contribution in [3.8, 4) is 29.1 Å². The average Bonchev–Trinajstić information content (AvgIpc) is 3.54. The highest BCUT2D eigenvalue weighted by Crippen LogP contribution is 2.27. The summed E-state index contributed by atoms with van der Waals surface area (Å²) in [5, 5.41) is 23.9. The first-order valence-corrected chi connectivity index (χ1v) is 11.4. The third-order valence-corrected chi connectivity index (χ3v) is 6.24. The number of ether oxygens (including phenoxy) is 1. The predicted octanol–water partition coefficient (Wildman–Crippen LogP) is 3.83. The summed E-state index contributed by atoms with van der Waals surface area (Å²) >= 11 is 0.